The number of benzene rings is 8. The Bertz CT molecular complexity index is 3070. The average molecular weight is 638 g/mol. The van der Waals surface area contributed by atoms with Gasteiger partial charge in [0.2, 0.25) is 0 Å². The molecule has 0 aliphatic heterocycles. The van der Waals surface area contributed by atoms with Gasteiger partial charge in [-0.05, 0) is 76.1 Å². The highest BCUT2D eigenvalue weighted by Crippen LogP contribution is 2.42. The Balaban J connectivity index is 1.18. The second-order valence-electron chi connectivity index (χ2n) is 13.0. The van der Waals surface area contributed by atoms with E-state index in [0.29, 0.717) is 0 Å². The second-order valence-corrected chi connectivity index (χ2v) is 13.0. The van der Waals surface area contributed by atoms with Crippen LogP contribution in [0, 0.1) is 0 Å². The van der Waals surface area contributed by atoms with Crippen LogP contribution in [0.4, 0.5) is 0 Å². The molecule has 0 aliphatic rings. The number of hydrogen-bond acceptors (Lipinski definition) is 3. The van der Waals surface area contributed by atoms with Crippen molar-refractivity contribution in [3.8, 4) is 28.2 Å². The Kier molecular flexibility index (Phi) is 5.63. The first-order chi connectivity index (χ1) is 24.8. The van der Waals surface area contributed by atoms with Crippen LogP contribution < -0.4 is 0 Å². The minimum absolute atomic E-state index is 0.822. The highest BCUT2D eigenvalue weighted by molar-refractivity contribution is 6.28. The third kappa shape index (κ3) is 3.93. The van der Waals surface area contributed by atoms with Crippen molar-refractivity contribution >= 4 is 76.3 Å². The summed E-state index contributed by atoms with van der Waals surface area (Å²) in [5, 5.41) is 9.72. The fourth-order valence-corrected chi connectivity index (χ4v) is 7.89. The Morgan fingerprint density at radius 1 is 0.400 bits per heavy atom. The number of furan rings is 1. The number of hydrogen-bond donors (Lipinski definition) is 0. The summed E-state index contributed by atoms with van der Waals surface area (Å²) < 4.78 is 8.71. The first-order valence-electron chi connectivity index (χ1n) is 16.9. The van der Waals surface area contributed by atoms with Crippen LogP contribution in [0.15, 0.2) is 168 Å². The number of rotatable bonds is 3. The van der Waals surface area contributed by atoms with Crippen molar-refractivity contribution in [2.45, 2.75) is 0 Å². The van der Waals surface area contributed by atoms with E-state index < -0.39 is 0 Å². The van der Waals surface area contributed by atoms with Crippen LogP contribution in [0.5, 0.6) is 0 Å². The molecule has 0 unspecified atom stereocenters. The van der Waals surface area contributed by atoms with Crippen LogP contribution in [0.3, 0.4) is 0 Å². The predicted octanol–water partition coefficient (Wildman–Crippen LogP) is 12.3. The first-order valence-corrected chi connectivity index (χ1v) is 16.9. The van der Waals surface area contributed by atoms with E-state index in [9.17, 15) is 0 Å². The molecule has 11 rings (SSSR count). The van der Waals surface area contributed by atoms with Gasteiger partial charge in [-0.3, -0.25) is 0 Å². The molecular formula is C46H27N3O. The predicted molar refractivity (Wildman–Crippen MR) is 207 cm³/mol. The Labute approximate surface area is 286 Å². The zero-order chi connectivity index (χ0) is 32.8. The maximum Gasteiger partial charge on any atom is 0.136 e. The summed E-state index contributed by atoms with van der Waals surface area (Å²) in [5.74, 6) is 0. The molecule has 11 aromatic rings. The van der Waals surface area contributed by atoms with Crippen molar-refractivity contribution in [2.75, 3.05) is 0 Å². The van der Waals surface area contributed by atoms with Gasteiger partial charge in [0, 0.05) is 38.4 Å². The second kappa shape index (κ2) is 10.4. The van der Waals surface area contributed by atoms with Gasteiger partial charge in [-0.2, -0.15) is 0 Å². The van der Waals surface area contributed by atoms with Crippen LogP contribution in [-0.4, -0.2) is 14.5 Å². The Hall–Kier alpha value is -6.78. The van der Waals surface area contributed by atoms with E-state index >= 15 is 0 Å². The monoisotopic (exact) mass is 637 g/mol. The zero-order valence-corrected chi connectivity index (χ0v) is 26.8. The molecule has 0 atom stereocenters. The van der Waals surface area contributed by atoms with Crippen LogP contribution >= 0.6 is 0 Å². The van der Waals surface area contributed by atoms with Crippen molar-refractivity contribution in [3.63, 3.8) is 0 Å². The minimum atomic E-state index is 0.822. The van der Waals surface area contributed by atoms with Gasteiger partial charge in [-0.15, -0.1) is 0 Å². The molecule has 3 aromatic heterocycles. The smallest absolute Gasteiger partial charge is 0.136 e. The Morgan fingerprint density at radius 3 is 1.64 bits per heavy atom. The average Bonchev–Trinajstić information content (AvgIpc) is 3.73. The van der Waals surface area contributed by atoms with Crippen LogP contribution in [0.25, 0.3) is 105 Å². The van der Waals surface area contributed by atoms with Crippen molar-refractivity contribution in [2.24, 2.45) is 0 Å². The summed E-state index contributed by atoms with van der Waals surface area (Å²) in [4.78, 5) is 10.5. The third-order valence-corrected chi connectivity index (χ3v) is 10.1. The number of para-hydroxylation sites is 3. The Morgan fingerprint density at radius 2 is 0.960 bits per heavy atom. The molecule has 0 bridgehead atoms. The highest BCUT2D eigenvalue weighted by Gasteiger charge is 2.20. The largest absolute Gasteiger partial charge is 0.456 e. The highest BCUT2D eigenvalue weighted by atomic mass is 16.3. The molecule has 50 heavy (non-hydrogen) atoms. The summed E-state index contributed by atoms with van der Waals surface area (Å²) in [6.07, 6.45) is 0. The maximum atomic E-state index is 6.31. The van der Waals surface area contributed by atoms with E-state index in [2.05, 4.69) is 126 Å². The van der Waals surface area contributed by atoms with E-state index in [1.165, 1.54) is 43.4 Å². The molecule has 0 spiro atoms. The van der Waals surface area contributed by atoms with Crippen LogP contribution in [-0.2, 0) is 0 Å². The number of aromatic nitrogens is 3. The fraction of sp³-hybridized carbons (Fsp3) is 0. The van der Waals surface area contributed by atoms with E-state index in [-0.39, 0.29) is 0 Å². The summed E-state index contributed by atoms with van der Waals surface area (Å²) in [5.41, 5.74) is 10.5. The molecule has 0 amide bonds. The normalized spacial score (nSPS) is 12.0. The molecule has 0 radical (unpaired) electrons. The summed E-state index contributed by atoms with van der Waals surface area (Å²) in [6.45, 7) is 0. The van der Waals surface area contributed by atoms with E-state index in [0.717, 1.165) is 61.2 Å². The van der Waals surface area contributed by atoms with Crippen molar-refractivity contribution in [1.29, 1.82) is 0 Å². The summed E-state index contributed by atoms with van der Waals surface area (Å²) in [6, 6.07) is 57.8. The SMILES string of the molecule is c1cc(-c2nc3ccccc3nc2-c2ccc3c(c2)oc2ccccc23)cc(-n2c3ccc4ccccc4c3c3c4ccccc4ccc32)c1. The molecule has 0 saturated heterocycles. The lowest BCUT2D eigenvalue weighted by atomic mass is 10.00. The van der Waals surface area contributed by atoms with Gasteiger partial charge in [0.25, 0.3) is 0 Å². The minimum Gasteiger partial charge on any atom is -0.456 e. The lowest BCUT2D eigenvalue weighted by Gasteiger charge is -2.13. The number of nitrogens with zero attached hydrogens (tertiary/aromatic N) is 3. The maximum absolute atomic E-state index is 6.31. The molecule has 0 aliphatic carbocycles. The van der Waals surface area contributed by atoms with Gasteiger partial charge in [-0.1, -0.05) is 109 Å². The summed E-state index contributed by atoms with van der Waals surface area (Å²) >= 11 is 0. The molecule has 0 N–H and O–H groups in total. The van der Waals surface area contributed by atoms with E-state index in [1.807, 2.05) is 42.5 Å². The van der Waals surface area contributed by atoms with Crippen LogP contribution in [0.2, 0.25) is 0 Å². The fourth-order valence-electron chi connectivity index (χ4n) is 7.89. The van der Waals surface area contributed by atoms with Crippen molar-refractivity contribution in [1.82, 2.24) is 14.5 Å². The lowest BCUT2D eigenvalue weighted by molar-refractivity contribution is 0.669. The molecule has 4 heteroatoms. The molecule has 232 valence electrons. The molecule has 4 nitrogen and oxygen atoms in total. The van der Waals surface area contributed by atoms with Gasteiger partial charge in [-0.25, -0.2) is 9.97 Å². The third-order valence-electron chi connectivity index (χ3n) is 10.1. The van der Waals surface area contributed by atoms with E-state index in [1.54, 1.807) is 0 Å². The lowest BCUT2D eigenvalue weighted by Crippen LogP contribution is -1.98. The first kappa shape index (κ1) is 27.2. The topological polar surface area (TPSA) is 43.9 Å². The van der Waals surface area contributed by atoms with Gasteiger partial charge in [0.05, 0.1) is 33.5 Å². The van der Waals surface area contributed by atoms with Gasteiger partial charge in [0.15, 0.2) is 0 Å². The molecular weight excluding hydrogens is 611 g/mol. The van der Waals surface area contributed by atoms with Gasteiger partial charge < -0.3 is 8.98 Å². The summed E-state index contributed by atoms with van der Waals surface area (Å²) in [7, 11) is 0. The van der Waals surface area contributed by atoms with Gasteiger partial charge >= 0.3 is 0 Å². The van der Waals surface area contributed by atoms with Crippen molar-refractivity contribution in [3.05, 3.63) is 164 Å². The standard InChI is InChI=1S/C46H27N3O/c1-3-14-33-28(10-1)21-24-39-43(33)44-34-15-4-2-11-29(34)22-25-40(44)49(39)32-13-9-12-30(26-32)45-46(48-38-18-7-6-17-37(38)47-45)31-20-23-36-35-16-5-8-19-41(35)50-42(36)27-31/h1-27H. The van der Waals surface area contributed by atoms with Crippen molar-refractivity contribution < 1.29 is 4.42 Å². The molecule has 8 aromatic carbocycles. The zero-order valence-electron chi connectivity index (χ0n) is 26.8. The quantitative estimate of drug-likeness (QED) is 0.194. The molecule has 0 saturated carbocycles. The van der Waals surface area contributed by atoms with E-state index in [4.69, 9.17) is 14.4 Å². The molecule has 3 heterocycles. The van der Waals surface area contributed by atoms with Gasteiger partial charge in [0.1, 0.15) is 11.2 Å². The number of fused-ring (bicyclic) bond motifs is 11. The van der Waals surface area contributed by atoms with Crippen LogP contribution in [0.1, 0.15) is 0 Å². The molecule has 0 fully saturated rings.